The lowest BCUT2D eigenvalue weighted by Crippen LogP contribution is -2.26. The Hall–Kier alpha value is -1.22. The van der Waals surface area contributed by atoms with E-state index in [-0.39, 0.29) is 5.41 Å². The molecule has 1 saturated heterocycles. The van der Waals surface area contributed by atoms with Crippen LogP contribution in [0.1, 0.15) is 35.4 Å². The number of fused-ring (bicyclic) bond motifs is 2. The highest BCUT2D eigenvalue weighted by Gasteiger charge is 2.46. The Morgan fingerprint density at radius 2 is 2.00 bits per heavy atom. The van der Waals surface area contributed by atoms with E-state index in [1.807, 2.05) is 12.1 Å². The second-order valence-corrected chi connectivity index (χ2v) is 7.40. The van der Waals surface area contributed by atoms with Gasteiger partial charge in [0.25, 0.3) is 0 Å². The molecule has 23 heavy (non-hydrogen) atoms. The first-order valence-electron chi connectivity index (χ1n) is 7.97. The van der Waals surface area contributed by atoms with Crippen molar-refractivity contribution in [3.8, 4) is 5.75 Å². The van der Waals surface area contributed by atoms with Gasteiger partial charge in [-0.15, -0.1) is 0 Å². The third-order valence-corrected chi connectivity index (χ3v) is 6.13. The van der Waals surface area contributed by atoms with E-state index in [1.54, 1.807) is 7.11 Å². The summed E-state index contributed by atoms with van der Waals surface area (Å²) in [4.78, 5) is 0. The Balaban J connectivity index is 1.83. The second kappa shape index (κ2) is 5.70. The number of halogens is 2. The van der Waals surface area contributed by atoms with E-state index in [1.165, 1.54) is 23.1 Å². The molecule has 1 fully saturated rings. The number of methoxy groups -OCH3 is 1. The van der Waals surface area contributed by atoms with Gasteiger partial charge in [-0.2, -0.15) is 0 Å². The van der Waals surface area contributed by atoms with Gasteiger partial charge in [0.05, 0.1) is 17.2 Å². The van der Waals surface area contributed by atoms with Gasteiger partial charge < -0.3 is 10.1 Å². The summed E-state index contributed by atoms with van der Waals surface area (Å²) in [6, 6.07) is 12.5. The average Bonchev–Trinajstić information content (AvgIpc) is 3.16. The number of hydrogen-bond acceptors (Lipinski definition) is 2. The predicted octanol–water partition coefficient (Wildman–Crippen LogP) is 4.77. The maximum absolute atomic E-state index is 6.25. The van der Waals surface area contributed by atoms with Gasteiger partial charge >= 0.3 is 0 Å². The molecule has 4 rings (SSSR count). The highest BCUT2D eigenvalue weighted by Crippen LogP contribution is 2.52. The number of benzene rings is 2. The van der Waals surface area contributed by atoms with E-state index in [2.05, 4.69) is 29.6 Å². The molecular formula is C19H19Cl2NO. The van der Waals surface area contributed by atoms with Crippen LogP contribution in [0.25, 0.3) is 0 Å². The van der Waals surface area contributed by atoms with Crippen LogP contribution in [0.3, 0.4) is 0 Å². The molecule has 2 aromatic carbocycles. The Morgan fingerprint density at radius 1 is 1.13 bits per heavy atom. The first kappa shape index (κ1) is 15.3. The molecule has 2 aliphatic rings. The zero-order valence-electron chi connectivity index (χ0n) is 13.0. The summed E-state index contributed by atoms with van der Waals surface area (Å²) >= 11 is 12.3. The van der Waals surface area contributed by atoms with Crippen LogP contribution in [0.2, 0.25) is 10.0 Å². The molecule has 0 bridgehead atoms. The summed E-state index contributed by atoms with van der Waals surface area (Å²) in [7, 11) is 1.73. The van der Waals surface area contributed by atoms with Crippen LogP contribution in [-0.2, 0) is 5.41 Å². The Kier molecular flexibility index (Phi) is 3.79. The molecule has 2 aromatic rings. The lowest BCUT2D eigenvalue weighted by molar-refractivity contribution is 0.410. The lowest BCUT2D eigenvalue weighted by atomic mass is 9.80. The minimum Gasteiger partial charge on any atom is -0.497 e. The van der Waals surface area contributed by atoms with Crippen molar-refractivity contribution in [2.45, 2.75) is 24.2 Å². The van der Waals surface area contributed by atoms with Crippen molar-refractivity contribution in [2.24, 2.45) is 0 Å². The summed E-state index contributed by atoms with van der Waals surface area (Å²) < 4.78 is 5.46. The molecule has 0 saturated carbocycles. The highest BCUT2D eigenvalue weighted by atomic mass is 35.5. The standard InChI is InChI=1S/C19H19Cl2NO/c1-23-13-3-4-14-15(12-2-5-17(20)18(21)8-12)10-19(16(14)9-13)6-7-22-11-19/h2-5,8-9,15,22H,6-7,10-11H2,1H3. The third kappa shape index (κ3) is 2.44. The molecule has 1 N–H and O–H groups in total. The van der Waals surface area contributed by atoms with E-state index in [0.717, 1.165) is 25.3 Å². The fourth-order valence-corrected chi connectivity index (χ4v) is 4.52. The summed E-state index contributed by atoms with van der Waals surface area (Å²) in [5.74, 6) is 1.30. The van der Waals surface area contributed by atoms with Crippen molar-refractivity contribution in [3.05, 3.63) is 63.1 Å². The van der Waals surface area contributed by atoms with E-state index in [0.29, 0.717) is 16.0 Å². The first-order chi connectivity index (χ1) is 11.1. The summed E-state index contributed by atoms with van der Waals surface area (Å²) in [6.07, 6.45) is 2.28. The quantitative estimate of drug-likeness (QED) is 0.844. The monoisotopic (exact) mass is 347 g/mol. The zero-order valence-corrected chi connectivity index (χ0v) is 14.5. The predicted molar refractivity (Wildman–Crippen MR) is 95.1 cm³/mol. The molecule has 1 aliphatic carbocycles. The fraction of sp³-hybridized carbons (Fsp3) is 0.368. The van der Waals surface area contributed by atoms with E-state index in [9.17, 15) is 0 Å². The molecule has 0 amide bonds. The molecule has 2 atom stereocenters. The average molecular weight is 348 g/mol. The van der Waals surface area contributed by atoms with Crippen molar-refractivity contribution in [3.63, 3.8) is 0 Å². The minimum atomic E-state index is 0.209. The summed E-state index contributed by atoms with van der Waals surface area (Å²) in [5.41, 5.74) is 4.28. The molecule has 2 nitrogen and oxygen atoms in total. The summed E-state index contributed by atoms with van der Waals surface area (Å²) in [5, 5.41) is 4.78. The van der Waals surface area contributed by atoms with Gasteiger partial charge in [0.15, 0.2) is 0 Å². The van der Waals surface area contributed by atoms with Crippen LogP contribution in [0.5, 0.6) is 5.75 Å². The van der Waals surface area contributed by atoms with Crippen molar-refractivity contribution in [1.29, 1.82) is 0 Å². The molecule has 0 aromatic heterocycles. The minimum absolute atomic E-state index is 0.209. The number of nitrogens with one attached hydrogen (secondary N) is 1. The molecule has 2 unspecified atom stereocenters. The molecule has 120 valence electrons. The molecule has 0 radical (unpaired) electrons. The van der Waals surface area contributed by atoms with Crippen LogP contribution >= 0.6 is 23.2 Å². The Labute approximate surface area is 146 Å². The van der Waals surface area contributed by atoms with Gasteiger partial charge in [-0.1, -0.05) is 35.3 Å². The van der Waals surface area contributed by atoms with Gasteiger partial charge in [0, 0.05) is 17.9 Å². The maximum atomic E-state index is 6.25. The Bertz CT molecular complexity index is 753. The molecule has 4 heteroatoms. The van der Waals surface area contributed by atoms with Crippen LogP contribution in [0, 0.1) is 0 Å². The van der Waals surface area contributed by atoms with E-state index < -0.39 is 0 Å². The van der Waals surface area contributed by atoms with E-state index >= 15 is 0 Å². The van der Waals surface area contributed by atoms with Crippen molar-refractivity contribution >= 4 is 23.2 Å². The highest BCUT2D eigenvalue weighted by molar-refractivity contribution is 6.42. The third-order valence-electron chi connectivity index (χ3n) is 5.39. The van der Waals surface area contributed by atoms with Gasteiger partial charge in [-0.25, -0.2) is 0 Å². The summed E-state index contributed by atoms with van der Waals surface area (Å²) in [6.45, 7) is 2.11. The molecule has 1 heterocycles. The van der Waals surface area contributed by atoms with Gasteiger partial charge in [0.2, 0.25) is 0 Å². The molecular weight excluding hydrogens is 329 g/mol. The fourth-order valence-electron chi connectivity index (χ4n) is 4.21. The molecule has 1 aliphatic heterocycles. The van der Waals surface area contributed by atoms with Crippen molar-refractivity contribution < 1.29 is 4.74 Å². The zero-order chi connectivity index (χ0) is 16.0. The SMILES string of the molecule is COc1ccc2c(c1)C1(CCNC1)CC2c1ccc(Cl)c(Cl)c1. The normalized spacial score (nSPS) is 25.8. The van der Waals surface area contributed by atoms with Crippen LogP contribution in [-0.4, -0.2) is 20.2 Å². The number of rotatable bonds is 2. The first-order valence-corrected chi connectivity index (χ1v) is 8.73. The smallest absolute Gasteiger partial charge is 0.119 e. The van der Waals surface area contributed by atoms with Gasteiger partial charge in [-0.05, 0) is 60.3 Å². The van der Waals surface area contributed by atoms with Crippen LogP contribution < -0.4 is 10.1 Å². The van der Waals surface area contributed by atoms with Crippen LogP contribution in [0.4, 0.5) is 0 Å². The Morgan fingerprint density at radius 3 is 2.70 bits per heavy atom. The van der Waals surface area contributed by atoms with E-state index in [4.69, 9.17) is 27.9 Å². The number of ether oxygens (including phenoxy) is 1. The van der Waals surface area contributed by atoms with Gasteiger partial charge in [-0.3, -0.25) is 0 Å². The maximum Gasteiger partial charge on any atom is 0.119 e. The topological polar surface area (TPSA) is 21.3 Å². The number of hydrogen-bond donors (Lipinski definition) is 1. The van der Waals surface area contributed by atoms with Crippen molar-refractivity contribution in [2.75, 3.05) is 20.2 Å². The lowest BCUT2D eigenvalue weighted by Gasteiger charge is -2.24. The van der Waals surface area contributed by atoms with Crippen molar-refractivity contribution in [1.82, 2.24) is 5.32 Å². The largest absolute Gasteiger partial charge is 0.497 e. The molecule has 1 spiro atoms. The second-order valence-electron chi connectivity index (χ2n) is 6.59. The van der Waals surface area contributed by atoms with Gasteiger partial charge in [0.1, 0.15) is 5.75 Å². The van der Waals surface area contributed by atoms with Crippen LogP contribution in [0.15, 0.2) is 36.4 Å².